The van der Waals surface area contributed by atoms with E-state index in [1.54, 1.807) is 0 Å². The minimum atomic E-state index is 0.0884. The average Bonchev–Trinajstić information content (AvgIpc) is 2.71. The highest BCUT2D eigenvalue weighted by Crippen LogP contribution is 2.15. The van der Waals surface area contributed by atoms with Gasteiger partial charge in [-0.15, -0.1) is 0 Å². The summed E-state index contributed by atoms with van der Waals surface area (Å²) < 4.78 is 2.08. The van der Waals surface area contributed by atoms with Crippen molar-refractivity contribution in [3.8, 4) is 5.69 Å². The topological polar surface area (TPSA) is 30.9 Å². The van der Waals surface area contributed by atoms with Crippen molar-refractivity contribution in [1.82, 2.24) is 4.57 Å². The molecule has 0 fully saturated rings. The molecule has 2 aromatic rings. The number of benzene rings is 1. The normalized spacial score (nSPS) is 12.7. The monoisotopic (exact) mass is 186 g/mol. The maximum atomic E-state index is 5.83. The predicted octanol–water partition coefficient (Wildman–Crippen LogP) is 2.50. The highest BCUT2D eigenvalue weighted by Gasteiger charge is 2.00. The first kappa shape index (κ1) is 9.03. The number of hydrogen-bond donors (Lipinski definition) is 1. The molecule has 1 atom stereocenters. The summed E-state index contributed by atoms with van der Waals surface area (Å²) in [5.74, 6) is 0. The van der Waals surface area contributed by atoms with Crippen molar-refractivity contribution < 1.29 is 0 Å². The summed E-state index contributed by atoms with van der Waals surface area (Å²) in [6.45, 7) is 1.99. The molecule has 0 aliphatic heterocycles. The van der Waals surface area contributed by atoms with Gasteiger partial charge in [0.1, 0.15) is 0 Å². The third-order valence-corrected chi connectivity index (χ3v) is 2.30. The van der Waals surface area contributed by atoms with E-state index in [-0.39, 0.29) is 6.04 Å². The van der Waals surface area contributed by atoms with Crippen LogP contribution < -0.4 is 5.73 Å². The Labute approximate surface area is 84.0 Å². The van der Waals surface area contributed by atoms with Gasteiger partial charge >= 0.3 is 0 Å². The summed E-state index contributed by atoms with van der Waals surface area (Å²) in [6.07, 6.45) is 4.06. The molecule has 0 saturated carbocycles. The molecule has 2 N–H and O–H groups in total. The van der Waals surface area contributed by atoms with Crippen LogP contribution in [0.15, 0.2) is 48.8 Å². The quantitative estimate of drug-likeness (QED) is 0.767. The Bertz CT molecular complexity index is 402. The van der Waals surface area contributed by atoms with Crippen molar-refractivity contribution in [1.29, 1.82) is 0 Å². The molecule has 1 aromatic carbocycles. The SMILES string of the molecule is C[C@H](N)c1cccc(-n2cccc2)c1. The van der Waals surface area contributed by atoms with Crippen molar-refractivity contribution in [2.45, 2.75) is 13.0 Å². The number of nitrogens with two attached hydrogens (primary N) is 1. The second kappa shape index (κ2) is 3.68. The van der Waals surface area contributed by atoms with Crippen LogP contribution in [-0.4, -0.2) is 4.57 Å². The Hall–Kier alpha value is -1.54. The fraction of sp³-hybridized carbons (Fsp3) is 0.167. The standard InChI is InChI=1S/C12H14N2/c1-10(13)11-5-4-6-12(9-11)14-7-2-3-8-14/h2-10H,13H2,1H3/t10-/m0/s1. The first-order valence-corrected chi connectivity index (χ1v) is 4.76. The Morgan fingerprint density at radius 1 is 1.14 bits per heavy atom. The smallest absolute Gasteiger partial charge is 0.0452 e. The van der Waals surface area contributed by atoms with Gasteiger partial charge in [0.15, 0.2) is 0 Å². The van der Waals surface area contributed by atoms with Gasteiger partial charge in [-0.05, 0) is 36.8 Å². The molecule has 0 saturated heterocycles. The zero-order valence-electron chi connectivity index (χ0n) is 8.22. The zero-order chi connectivity index (χ0) is 9.97. The van der Waals surface area contributed by atoms with E-state index in [0.717, 1.165) is 11.3 Å². The number of hydrogen-bond acceptors (Lipinski definition) is 1. The van der Waals surface area contributed by atoms with E-state index in [9.17, 15) is 0 Å². The summed E-state index contributed by atoms with van der Waals surface area (Å²) in [7, 11) is 0. The zero-order valence-corrected chi connectivity index (χ0v) is 8.22. The minimum absolute atomic E-state index is 0.0884. The van der Waals surface area contributed by atoms with Gasteiger partial charge in [0, 0.05) is 24.1 Å². The van der Waals surface area contributed by atoms with Gasteiger partial charge < -0.3 is 10.3 Å². The molecule has 0 unspecified atom stereocenters. The molecule has 1 aromatic heterocycles. The molecule has 2 rings (SSSR count). The van der Waals surface area contributed by atoms with Crippen molar-refractivity contribution in [2.75, 3.05) is 0 Å². The van der Waals surface area contributed by atoms with Crippen molar-refractivity contribution in [3.63, 3.8) is 0 Å². The number of aromatic nitrogens is 1. The Morgan fingerprint density at radius 3 is 2.50 bits per heavy atom. The summed E-state index contributed by atoms with van der Waals surface area (Å²) in [6, 6.07) is 12.4. The maximum absolute atomic E-state index is 5.83. The molecule has 2 nitrogen and oxygen atoms in total. The van der Waals surface area contributed by atoms with Gasteiger partial charge in [-0.1, -0.05) is 12.1 Å². The molecule has 0 aliphatic carbocycles. The molecule has 2 heteroatoms. The molecule has 14 heavy (non-hydrogen) atoms. The first-order valence-electron chi connectivity index (χ1n) is 4.76. The molecule has 0 aliphatic rings. The van der Waals surface area contributed by atoms with Crippen molar-refractivity contribution in [2.24, 2.45) is 5.73 Å². The highest BCUT2D eigenvalue weighted by molar-refractivity contribution is 5.37. The van der Waals surface area contributed by atoms with Gasteiger partial charge in [0.25, 0.3) is 0 Å². The third-order valence-electron chi connectivity index (χ3n) is 2.30. The van der Waals surface area contributed by atoms with Crippen LogP contribution in [0.25, 0.3) is 5.69 Å². The van der Waals surface area contributed by atoms with Crippen molar-refractivity contribution in [3.05, 3.63) is 54.4 Å². The maximum Gasteiger partial charge on any atom is 0.0452 e. The average molecular weight is 186 g/mol. The minimum Gasteiger partial charge on any atom is -0.324 e. The molecule has 72 valence electrons. The molecule has 0 radical (unpaired) electrons. The van der Waals surface area contributed by atoms with Crippen LogP contribution in [-0.2, 0) is 0 Å². The van der Waals surface area contributed by atoms with Crippen LogP contribution >= 0.6 is 0 Å². The van der Waals surface area contributed by atoms with Gasteiger partial charge in [-0.2, -0.15) is 0 Å². The van der Waals surface area contributed by atoms with Crippen molar-refractivity contribution >= 4 is 0 Å². The number of nitrogens with zero attached hydrogens (tertiary/aromatic N) is 1. The predicted molar refractivity (Wildman–Crippen MR) is 58.4 cm³/mol. The largest absolute Gasteiger partial charge is 0.324 e. The lowest BCUT2D eigenvalue weighted by Gasteiger charge is -2.08. The van der Waals surface area contributed by atoms with Crippen LogP contribution in [0.4, 0.5) is 0 Å². The van der Waals surface area contributed by atoms with Crippen LogP contribution in [0.1, 0.15) is 18.5 Å². The lowest BCUT2D eigenvalue weighted by atomic mass is 10.1. The first-order chi connectivity index (χ1) is 6.77. The van der Waals surface area contributed by atoms with Gasteiger partial charge in [-0.25, -0.2) is 0 Å². The van der Waals surface area contributed by atoms with E-state index in [1.807, 2.05) is 37.5 Å². The lowest BCUT2D eigenvalue weighted by Crippen LogP contribution is -2.05. The van der Waals surface area contributed by atoms with Gasteiger partial charge in [0.05, 0.1) is 0 Å². The molecule has 1 heterocycles. The van der Waals surface area contributed by atoms with E-state index < -0.39 is 0 Å². The van der Waals surface area contributed by atoms with E-state index in [0.29, 0.717) is 0 Å². The summed E-state index contributed by atoms with van der Waals surface area (Å²) in [5.41, 5.74) is 8.15. The Morgan fingerprint density at radius 2 is 1.86 bits per heavy atom. The van der Waals surface area contributed by atoms with Crippen LogP contribution in [0.5, 0.6) is 0 Å². The van der Waals surface area contributed by atoms with Gasteiger partial charge in [0.2, 0.25) is 0 Å². The summed E-state index contributed by atoms with van der Waals surface area (Å²) in [5, 5.41) is 0. The van der Waals surface area contributed by atoms with Gasteiger partial charge in [-0.3, -0.25) is 0 Å². The highest BCUT2D eigenvalue weighted by atomic mass is 14.9. The lowest BCUT2D eigenvalue weighted by molar-refractivity contribution is 0.816. The molecule has 0 bridgehead atoms. The summed E-state index contributed by atoms with van der Waals surface area (Å²) in [4.78, 5) is 0. The fourth-order valence-electron chi connectivity index (χ4n) is 1.48. The Kier molecular flexibility index (Phi) is 2.37. The summed E-state index contributed by atoms with van der Waals surface area (Å²) >= 11 is 0. The molecule has 0 spiro atoms. The van der Waals surface area contributed by atoms with Crippen LogP contribution in [0.2, 0.25) is 0 Å². The van der Waals surface area contributed by atoms with E-state index in [1.165, 1.54) is 0 Å². The van der Waals surface area contributed by atoms with E-state index in [2.05, 4.69) is 22.8 Å². The van der Waals surface area contributed by atoms with E-state index in [4.69, 9.17) is 5.73 Å². The van der Waals surface area contributed by atoms with E-state index >= 15 is 0 Å². The fourth-order valence-corrected chi connectivity index (χ4v) is 1.48. The second-order valence-electron chi connectivity index (χ2n) is 3.47. The third kappa shape index (κ3) is 1.70. The molecule has 0 amide bonds. The van der Waals surface area contributed by atoms with Crippen LogP contribution in [0.3, 0.4) is 0 Å². The van der Waals surface area contributed by atoms with Crippen LogP contribution in [0, 0.1) is 0 Å². The Balaban J connectivity index is 2.41. The molecular weight excluding hydrogens is 172 g/mol. The number of rotatable bonds is 2. The second-order valence-corrected chi connectivity index (χ2v) is 3.47. The molecular formula is C12H14N2.